The molecule has 0 radical (unpaired) electrons. The fourth-order valence-corrected chi connectivity index (χ4v) is 3.00. The van der Waals surface area contributed by atoms with Gasteiger partial charge in [0.25, 0.3) is 0 Å². The average molecular weight is 367 g/mol. The molecule has 4 aromatic rings. The number of carbonyl (C=O) groups is 1. The molecule has 3 aromatic carbocycles. The molecule has 0 unspecified atom stereocenters. The molecule has 1 amide bonds. The number of amides is 1. The zero-order chi connectivity index (χ0) is 19.2. The average Bonchev–Trinajstić information content (AvgIpc) is 2.76. The second-order valence-electron chi connectivity index (χ2n) is 6.24. The summed E-state index contributed by atoms with van der Waals surface area (Å²) < 4.78 is 6.19. The van der Waals surface area contributed by atoms with E-state index in [0.29, 0.717) is 12.1 Å². The summed E-state index contributed by atoms with van der Waals surface area (Å²) in [6.07, 6.45) is 0.672. The summed E-state index contributed by atoms with van der Waals surface area (Å²) in [5.74, 6) is 1.51. The van der Waals surface area contributed by atoms with Gasteiger partial charge >= 0.3 is 0 Å². The zero-order valence-electron chi connectivity index (χ0n) is 15.1. The van der Waals surface area contributed by atoms with Crippen molar-refractivity contribution in [2.75, 3.05) is 5.32 Å². The molecule has 4 heteroatoms. The first-order valence-electron chi connectivity index (χ1n) is 8.99. The highest BCUT2D eigenvalue weighted by Gasteiger charge is 2.10. The fraction of sp³-hybridized carbons (Fsp3) is 0. The number of anilines is 1. The Morgan fingerprint density at radius 1 is 0.714 bits per heavy atom. The van der Waals surface area contributed by atoms with E-state index in [1.165, 1.54) is 0 Å². The number of para-hydroxylation sites is 2. The predicted octanol–water partition coefficient (Wildman–Crippen LogP) is 3.49. The Labute approximate surface area is 162 Å². The quantitative estimate of drug-likeness (QED) is 0.531. The summed E-state index contributed by atoms with van der Waals surface area (Å²) in [6.45, 7) is 0. The van der Waals surface area contributed by atoms with Gasteiger partial charge in [-0.25, -0.2) is 4.99 Å². The van der Waals surface area contributed by atoms with Crippen LogP contribution < -0.4 is 15.7 Å². The van der Waals surface area contributed by atoms with Crippen LogP contribution in [0.25, 0.3) is 22.6 Å². The molecule has 0 aliphatic rings. The van der Waals surface area contributed by atoms with Crippen molar-refractivity contribution < 1.29 is 14.2 Å². The number of nitrogens with one attached hydrogen (secondary N) is 2. The third-order valence-corrected chi connectivity index (χ3v) is 4.33. The molecule has 0 saturated carbocycles. The molecule has 4 rings (SSSR count). The number of rotatable bonds is 5. The first kappa shape index (κ1) is 17.5. The summed E-state index contributed by atoms with van der Waals surface area (Å²) >= 11 is 0. The molecule has 0 fully saturated rings. The molecule has 0 atom stereocenters. The lowest BCUT2D eigenvalue weighted by Crippen LogP contribution is -2.70. The van der Waals surface area contributed by atoms with Crippen LogP contribution in [-0.2, 0) is 4.79 Å². The number of carbonyl (C=O) groups excluding carboxylic acids is 1. The van der Waals surface area contributed by atoms with Gasteiger partial charge in [-0.15, -0.1) is 0 Å². The van der Waals surface area contributed by atoms with Crippen LogP contribution in [0.4, 0.5) is 11.4 Å². The Morgan fingerprint density at radius 2 is 1.25 bits per heavy atom. The van der Waals surface area contributed by atoms with Crippen LogP contribution in [0.5, 0.6) is 0 Å². The van der Waals surface area contributed by atoms with Crippen molar-refractivity contribution in [3.8, 4) is 22.6 Å². The fourth-order valence-electron chi connectivity index (χ4n) is 3.00. The van der Waals surface area contributed by atoms with Gasteiger partial charge in [-0.3, -0.25) is 4.79 Å². The Morgan fingerprint density at radius 3 is 1.82 bits per heavy atom. The second kappa shape index (κ2) is 8.18. The van der Waals surface area contributed by atoms with E-state index < -0.39 is 0 Å². The van der Waals surface area contributed by atoms with E-state index in [1.807, 2.05) is 97.1 Å². The molecular formula is C24H19N2O2+. The molecule has 0 spiro atoms. The summed E-state index contributed by atoms with van der Waals surface area (Å²) in [5, 5.41) is 3.59. The van der Waals surface area contributed by atoms with Gasteiger partial charge in [0.2, 0.25) is 17.5 Å². The molecule has 0 bridgehead atoms. The molecule has 0 aliphatic carbocycles. The van der Waals surface area contributed by atoms with Crippen molar-refractivity contribution in [3.63, 3.8) is 0 Å². The summed E-state index contributed by atoms with van der Waals surface area (Å²) in [5.41, 5.74) is 3.49. The van der Waals surface area contributed by atoms with Gasteiger partial charge in [-0.05, 0) is 6.07 Å². The smallest absolute Gasteiger partial charge is 0.227 e. The standard InChI is InChI=1S/C24H18N2O2/c27-17-25-21-13-7-8-14-22(21)26-20-15-23(18-9-3-1-4-10-18)28-24(16-20)19-11-5-2-6-12-19/h1-17H,(H,25,27)/p+1. The van der Waals surface area contributed by atoms with Crippen LogP contribution in [0, 0.1) is 0 Å². The van der Waals surface area contributed by atoms with E-state index in [0.717, 1.165) is 33.7 Å². The maximum absolute atomic E-state index is 10.9. The number of benzene rings is 3. The van der Waals surface area contributed by atoms with E-state index in [2.05, 4.69) is 10.3 Å². The van der Waals surface area contributed by atoms with Gasteiger partial charge in [0.1, 0.15) is 17.2 Å². The van der Waals surface area contributed by atoms with Crippen LogP contribution in [0.1, 0.15) is 0 Å². The van der Waals surface area contributed by atoms with Crippen LogP contribution in [0.2, 0.25) is 0 Å². The Hall–Kier alpha value is -3.92. The van der Waals surface area contributed by atoms with Crippen molar-refractivity contribution >= 4 is 17.8 Å². The summed E-state index contributed by atoms with van der Waals surface area (Å²) in [6, 6.07) is 31.4. The monoisotopic (exact) mass is 367 g/mol. The van der Waals surface area contributed by atoms with Crippen LogP contribution in [-0.4, -0.2) is 6.41 Å². The molecule has 28 heavy (non-hydrogen) atoms. The number of hydrogen-bond acceptors (Lipinski definition) is 2. The van der Waals surface area contributed by atoms with Gasteiger partial charge in [-0.1, -0.05) is 72.8 Å². The van der Waals surface area contributed by atoms with E-state index in [1.54, 1.807) is 0 Å². The maximum atomic E-state index is 10.9. The van der Waals surface area contributed by atoms with Gasteiger partial charge < -0.3 is 9.73 Å². The minimum absolute atomic E-state index is 0.672. The van der Waals surface area contributed by atoms with Crippen molar-refractivity contribution in [2.45, 2.75) is 0 Å². The van der Waals surface area contributed by atoms with Crippen molar-refractivity contribution in [1.29, 1.82) is 0 Å². The van der Waals surface area contributed by atoms with E-state index in [-0.39, 0.29) is 0 Å². The lowest BCUT2D eigenvalue weighted by Gasteiger charge is -2.05. The van der Waals surface area contributed by atoms with Crippen LogP contribution in [0.15, 0.2) is 101 Å². The molecule has 1 heterocycles. The SMILES string of the molecule is O=CNc1ccccc1[NH+]=c1cc(-c2ccccc2)oc(-c2ccccc2)c1. The van der Waals surface area contributed by atoms with Gasteiger partial charge in [-0.2, -0.15) is 0 Å². The highest BCUT2D eigenvalue weighted by molar-refractivity contribution is 5.77. The van der Waals surface area contributed by atoms with E-state index in [9.17, 15) is 4.79 Å². The molecule has 1 aromatic heterocycles. The largest absolute Gasteiger partial charge is 0.456 e. The Bertz CT molecular complexity index is 1090. The maximum Gasteiger partial charge on any atom is 0.227 e. The summed E-state index contributed by atoms with van der Waals surface area (Å²) in [4.78, 5) is 14.3. The Balaban J connectivity index is 1.91. The first-order chi connectivity index (χ1) is 13.8. The first-order valence-corrected chi connectivity index (χ1v) is 8.99. The van der Waals surface area contributed by atoms with Crippen molar-refractivity contribution in [3.05, 3.63) is 102 Å². The lowest BCUT2D eigenvalue weighted by atomic mass is 10.1. The lowest BCUT2D eigenvalue weighted by molar-refractivity contribution is -0.401. The minimum Gasteiger partial charge on any atom is -0.456 e. The third kappa shape index (κ3) is 3.91. The molecule has 136 valence electrons. The molecular weight excluding hydrogens is 348 g/mol. The van der Waals surface area contributed by atoms with Crippen LogP contribution in [0.3, 0.4) is 0 Å². The highest BCUT2D eigenvalue weighted by Crippen LogP contribution is 2.24. The van der Waals surface area contributed by atoms with Crippen molar-refractivity contribution in [2.24, 2.45) is 0 Å². The minimum atomic E-state index is 0.672. The molecule has 2 N–H and O–H groups in total. The molecule has 0 saturated heterocycles. The zero-order valence-corrected chi connectivity index (χ0v) is 15.1. The second-order valence-corrected chi connectivity index (χ2v) is 6.24. The van der Waals surface area contributed by atoms with Gasteiger partial charge in [0.05, 0.1) is 12.1 Å². The normalized spacial score (nSPS) is 10.3. The highest BCUT2D eigenvalue weighted by atomic mass is 16.3. The molecule has 0 aliphatic heterocycles. The van der Waals surface area contributed by atoms with Crippen LogP contribution >= 0.6 is 0 Å². The van der Waals surface area contributed by atoms with Crippen molar-refractivity contribution in [1.82, 2.24) is 0 Å². The van der Waals surface area contributed by atoms with Gasteiger partial charge in [0.15, 0.2) is 0 Å². The van der Waals surface area contributed by atoms with Gasteiger partial charge in [0, 0.05) is 17.2 Å². The van der Waals surface area contributed by atoms with E-state index >= 15 is 0 Å². The predicted molar refractivity (Wildman–Crippen MR) is 109 cm³/mol. The summed E-state index contributed by atoms with van der Waals surface area (Å²) in [7, 11) is 0. The number of hydrogen-bond donors (Lipinski definition) is 2. The topological polar surface area (TPSA) is 56.2 Å². The Kier molecular flexibility index (Phi) is 5.11. The third-order valence-electron chi connectivity index (χ3n) is 4.33. The van der Waals surface area contributed by atoms with E-state index in [4.69, 9.17) is 4.42 Å². The molecule has 4 nitrogen and oxygen atoms in total.